The first kappa shape index (κ1) is 24.4. The average Bonchev–Trinajstić information content (AvgIpc) is 3.18. The number of ether oxygens (including phenoxy) is 1. The van der Waals surface area contributed by atoms with Gasteiger partial charge in [-0.3, -0.25) is 5.32 Å². The van der Waals surface area contributed by atoms with E-state index in [2.05, 4.69) is 39.3 Å². The van der Waals surface area contributed by atoms with Crippen molar-refractivity contribution in [2.75, 3.05) is 19.0 Å². The minimum Gasteiger partial charge on any atom is -0.384 e. The van der Waals surface area contributed by atoms with Crippen molar-refractivity contribution in [3.8, 4) is 0 Å². The Labute approximate surface area is 204 Å². The molecule has 9 heteroatoms. The smallest absolute Gasteiger partial charge is 0.334 e. The van der Waals surface area contributed by atoms with Crippen molar-refractivity contribution in [2.24, 2.45) is 0 Å². The molecule has 1 aliphatic rings. The lowest BCUT2D eigenvalue weighted by molar-refractivity contribution is 0.203. The maximum Gasteiger partial charge on any atom is 0.334 e. The van der Waals surface area contributed by atoms with Crippen LogP contribution in [-0.2, 0) is 34.0 Å². The molecule has 4 rings (SSSR count). The third-order valence-electron chi connectivity index (χ3n) is 6.02. The molecule has 1 atom stereocenters. The number of amides is 2. The summed E-state index contributed by atoms with van der Waals surface area (Å²) in [6.45, 7) is 4.29. The van der Waals surface area contributed by atoms with E-state index in [4.69, 9.17) is 4.74 Å². The fourth-order valence-corrected chi connectivity index (χ4v) is 6.77. The number of aromatic nitrogens is 1. The minimum absolute atomic E-state index is 0.102. The first-order valence-electron chi connectivity index (χ1n) is 11.2. The number of sulfonamides is 1. The van der Waals surface area contributed by atoms with Crippen LogP contribution in [-0.4, -0.2) is 33.1 Å². The second-order valence-electron chi connectivity index (χ2n) is 8.64. The highest BCUT2D eigenvalue weighted by molar-refractivity contribution is 7.92. The third-order valence-corrected chi connectivity index (χ3v) is 9.12. The van der Waals surface area contributed by atoms with Gasteiger partial charge in [-0.15, -0.1) is 11.3 Å². The number of benzene rings is 1. The molecule has 1 aromatic carbocycles. The van der Waals surface area contributed by atoms with Crippen molar-refractivity contribution >= 4 is 33.2 Å². The Morgan fingerprint density at radius 3 is 2.71 bits per heavy atom. The summed E-state index contributed by atoms with van der Waals surface area (Å²) >= 11 is 1.15. The molecule has 0 radical (unpaired) electrons. The zero-order valence-electron chi connectivity index (χ0n) is 19.6. The van der Waals surface area contributed by atoms with Crippen LogP contribution in [0.2, 0.25) is 0 Å². The maximum absolute atomic E-state index is 12.8. The van der Waals surface area contributed by atoms with Gasteiger partial charge in [-0.05, 0) is 73.6 Å². The molecule has 0 fully saturated rings. The van der Waals surface area contributed by atoms with E-state index in [1.165, 1.54) is 11.1 Å². The van der Waals surface area contributed by atoms with Crippen LogP contribution < -0.4 is 10.0 Å². The highest BCUT2D eigenvalue weighted by Gasteiger charge is 2.24. The van der Waals surface area contributed by atoms with Crippen LogP contribution >= 0.6 is 11.3 Å². The summed E-state index contributed by atoms with van der Waals surface area (Å²) in [5, 5.41) is 2.61. The number of hydrogen-bond acceptors (Lipinski definition) is 6. The molecule has 0 bridgehead atoms. The van der Waals surface area contributed by atoms with Gasteiger partial charge in [-0.1, -0.05) is 24.3 Å². The zero-order valence-corrected chi connectivity index (χ0v) is 21.2. The number of nitrogens with zero attached hydrogens (tertiary/aromatic N) is 1. The van der Waals surface area contributed by atoms with Crippen LogP contribution in [0.1, 0.15) is 45.2 Å². The van der Waals surface area contributed by atoms with Gasteiger partial charge in [-0.25, -0.2) is 22.9 Å². The van der Waals surface area contributed by atoms with Crippen LogP contribution in [0.25, 0.3) is 0 Å². The monoisotopic (exact) mass is 499 g/mol. The maximum atomic E-state index is 12.8. The fraction of sp³-hybridized carbons (Fsp3) is 0.360. The molecule has 1 aliphatic carbocycles. The number of rotatable bonds is 7. The number of aryl methyl sites for hydroxylation is 3. The lowest BCUT2D eigenvalue weighted by Crippen LogP contribution is -2.34. The number of carbonyl (C=O) groups excluding carboxylic acids is 1. The Hall–Kier alpha value is -2.75. The molecular formula is C25H29N3O4S2. The van der Waals surface area contributed by atoms with E-state index in [-0.39, 0.29) is 10.1 Å². The molecule has 2 heterocycles. The minimum atomic E-state index is -3.99. The number of hydrogen-bond donors (Lipinski definition) is 2. The fourth-order valence-electron chi connectivity index (χ4n) is 4.30. The number of urea groups is 1. The van der Waals surface area contributed by atoms with Crippen LogP contribution in [0.5, 0.6) is 0 Å². The summed E-state index contributed by atoms with van der Waals surface area (Å²) < 4.78 is 32.8. The lowest BCUT2D eigenvalue weighted by Gasteiger charge is -2.24. The Balaban J connectivity index is 1.46. The van der Waals surface area contributed by atoms with E-state index in [9.17, 15) is 13.2 Å². The molecule has 2 amide bonds. The highest BCUT2D eigenvalue weighted by Crippen LogP contribution is 2.32. The van der Waals surface area contributed by atoms with E-state index in [0.29, 0.717) is 18.8 Å². The van der Waals surface area contributed by atoms with Crippen LogP contribution in [0.15, 0.2) is 46.7 Å². The number of thiophene rings is 1. The molecule has 34 heavy (non-hydrogen) atoms. The predicted octanol–water partition coefficient (Wildman–Crippen LogP) is 4.73. The van der Waals surface area contributed by atoms with Gasteiger partial charge >= 0.3 is 6.03 Å². The molecule has 180 valence electrons. The second-order valence-corrected chi connectivity index (χ2v) is 11.7. The predicted molar refractivity (Wildman–Crippen MR) is 134 cm³/mol. The average molecular weight is 500 g/mol. The van der Waals surface area contributed by atoms with Gasteiger partial charge in [0.1, 0.15) is 10.0 Å². The van der Waals surface area contributed by atoms with Gasteiger partial charge in [0.05, 0.1) is 6.61 Å². The quantitative estimate of drug-likeness (QED) is 0.490. The van der Waals surface area contributed by atoms with Crippen LogP contribution in [0.4, 0.5) is 10.6 Å². The topological polar surface area (TPSA) is 97.4 Å². The van der Waals surface area contributed by atoms with E-state index in [0.717, 1.165) is 52.3 Å². The van der Waals surface area contributed by atoms with Gasteiger partial charge < -0.3 is 4.74 Å². The summed E-state index contributed by atoms with van der Waals surface area (Å²) in [5.41, 5.74) is 5.44. The molecule has 7 nitrogen and oxygen atoms in total. The molecular weight excluding hydrogens is 470 g/mol. The summed E-state index contributed by atoms with van der Waals surface area (Å²) in [5.74, 6) is 0.589. The lowest BCUT2D eigenvalue weighted by atomic mass is 9.82. The highest BCUT2D eigenvalue weighted by atomic mass is 32.2. The van der Waals surface area contributed by atoms with Gasteiger partial charge in [0.25, 0.3) is 10.0 Å². The number of pyridine rings is 1. The van der Waals surface area contributed by atoms with E-state index in [1.807, 2.05) is 19.9 Å². The molecule has 3 aromatic rings. The third kappa shape index (κ3) is 5.65. The molecule has 0 aliphatic heterocycles. The SMILES string of the molecule is COCCc1sc(S(=O)(=O)NC(=O)Nc2cc(C)cc(C3CCc4ccccc4C3)n2)cc1C. The zero-order chi connectivity index (χ0) is 24.3. The van der Waals surface area contributed by atoms with E-state index >= 15 is 0 Å². The Kier molecular flexibility index (Phi) is 7.35. The van der Waals surface area contributed by atoms with E-state index < -0.39 is 16.1 Å². The van der Waals surface area contributed by atoms with Crippen LogP contribution in [0, 0.1) is 13.8 Å². The van der Waals surface area contributed by atoms with Crippen molar-refractivity contribution in [3.63, 3.8) is 0 Å². The number of carbonyl (C=O) groups is 1. The van der Waals surface area contributed by atoms with Crippen molar-refractivity contribution in [1.82, 2.24) is 9.71 Å². The summed E-state index contributed by atoms with van der Waals surface area (Å²) in [4.78, 5) is 18.1. The van der Waals surface area contributed by atoms with Crippen molar-refractivity contribution in [3.05, 3.63) is 75.3 Å². The van der Waals surface area contributed by atoms with Gasteiger partial charge in [0, 0.05) is 30.0 Å². The summed E-state index contributed by atoms with van der Waals surface area (Å²) in [6.07, 6.45) is 3.49. The first-order chi connectivity index (χ1) is 16.2. The summed E-state index contributed by atoms with van der Waals surface area (Å²) in [6, 6.07) is 13.0. The van der Waals surface area contributed by atoms with Crippen molar-refractivity contribution in [1.29, 1.82) is 0 Å². The second kappa shape index (κ2) is 10.2. The molecule has 0 saturated heterocycles. The van der Waals surface area contributed by atoms with Gasteiger partial charge in [0.2, 0.25) is 0 Å². The first-order valence-corrected chi connectivity index (χ1v) is 13.5. The van der Waals surface area contributed by atoms with Crippen molar-refractivity contribution < 1.29 is 17.9 Å². The summed E-state index contributed by atoms with van der Waals surface area (Å²) in [7, 11) is -2.39. The molecule has 2 N–H and O–H groups in total. The number of fused-ring (bicyclic) bond motifs is 1. The molecule has 2 aromatic heterocycles. The van der Waals surface area contributed by atoms with Crippen LogP contribution in [0.3, 0.4) is 0 Å². The van der Waals surface area contributed by atoms with Gasteiger partial charge in [-0.2, -0.15) is 0 Å². The number of nitrogens with one attached hydrogen (secondary N) is 2. The molecule has 1 unspecified atom stereocenters. The molecule has 0 saturated carbocycles. The Morgan fingerprint density at radius 1 is 1.18 bits per heavy atom. The largest absolute Gasteiger partial charge is 0.384 e. The number of anilines is 1. The van der Waals surface area contributed by atoms with E-state index in [1.54, 1.807) is 19.2 Å². The van der Waals surface area contributed by atoms with Crippen molar-refractivity contribution in [2.45, 2.75) is 49.7 Å². The molecule has 0 spiro atoms. The number of methoxy groups -OCH3 is 1. The normalized spacial score (nSPS) is 15.6. The van der Waals surface area contributed by atoms with Gasteiger partial charge in [0.15, 0.2) is 0 Å². The Bertz CT molecular complexity index is 1300. The standard InChI is InChI=1S/C25H29N3O4S2/c1-16-12-21(20-9-8-18-6-4-5-7-19(18)15-20)26-23(13-16)27-25(29)28-34(30,31)24-14-17(2)22(33-24)10-11-32-3/h4-7,12-14,20H,8-11,15H2,1-3H3,(H2,26,27,28,29). The Morgan fingerprint density at radius 2 is 1.94 bits per heavy atom.